The summed E-state index contributed by atoms with van der Waals surface area (Å²) in [5.74, 6) is 1.23. The zero-order chi connectivity index (χ0) is 40.7. The van der Waals surface area contributed by atoms with Gasteiger partial charge in [0.05, 0.1) is 24.0 Å². The van der Waals surface area contributed by atoms with Crippen molar-refractivity contribution in [3.05, 3.63) is 97.6 Å². The van der Waals surface area contributed by atoms with E-state index in [0.29, 0.717) is 23.0 Å². The van der Waals surface area contributed by atoms with Crippen LogP contribution in [0.2, 0.25) is 0 Å². The zero-order valence-electron chi connectivity index (χ0n) is 31.7. The van der Waals surface area contributed by atoms with E-state index >= 15 is 0 Å². The van der Waals surface area contributed by atoms with E-state index in [1.165, 1.54) is 46.7 Å². The summed E-state index contributed by atoms with van der Waals surface area (Å²) in [6.07, 6.45) is 6.64. The SMILES string of the molecule is COC(=O)[C@@H]1N(S(=O)(=O)c2ccc(Oc3ccncc3)cc2)CCSC1(C)C.COC(=O)[C@@H]1N(S(=O)(=O)c2ccc(Sc3ccncc3)cc2)CCSC1(C)C. The van der Waals surface area contributed by atoms with Gasteiger partial charge >= 0.3 is 11.9 Å². The van der Waals surface area contributed by atoms with Crippen LogP contribution in [0.25, 0.3) is 0 Å². The average molecular weight is 861 g/mol. The van der Waals surface area contributed by atoms with Crippen molar-refractivity contribution in [2.24, 2.45) is 0 Å². The molecule has 56 heavy (non-hydrogen) atoms. The van der Waals surface area contributed by atoms with Gasteiger partial charge in [0.1, 0.15) is 23.6 Å². The number of pyridine rings is 2. The molecular formula is C38H44N4O9S5. The van der Waals surface area contributed by atoms with E-state index in [0.717, 1.165) is 9.79 Å². The molecule has 6 rings (SSSR count). The topological polar surface area (TPSA) is 162 Å². The minimum Gasteiger partial charge on any atom is -0.468 e. The van der Waals surface area contributed by atoms with Crippen LogP contribution in [0, 0.1) is 0 Å². The molecule has 2 aliphatic heterocycles. The van der Waals surface area contributed by atoms with Crippen molar-refractivity contribution >= 4 is 67.3 Å². The third-order valence-electron chi connectivity index (χ3n) is 8.94. The minimum atomic E-state index is -3.87. The molecule has 4 heterocycles. The average Bonchev–Trinajstić information content (AvgIpc) is 3.18. The van der Waals surface area contributed by atoms with Crippen LogP contribution < -0.4 is 4.74 Å². The lowest BCUT2D eigenvalue weighted by molar-refractivity contribution is -0.147. The molecule has 300 valence electrons. The largest absolute Gasteiger partial charge is 0.468 e. The Kier molecular flexibility index (Phi) is 14.2. The van der Waals surface area contributed by atoms with Crippen LogP contribution in [0.3, 0.4) is 0 Å². The van der Waals surface area contributed by atoms with E-state index in [1.807, 2.05) is 39.8 Å². The molecule has 0 aliphatic carbocycles. The van der Waals surface area contributed by atoms with Crippen molar-refractivity contribution in [1.82, 2.24) is 18.6 Å². The molecular weight excluding hydrogens is 817 g/mol. The van der Waals surface area contributed by atoms with Gasteiger partial charge in [-0.2, -0.15) is 32.1 Å². The fraction of sp³-hybridized carbons (Fsp3) is 0.368. The number of carbonyl (C=O) groups excluding carboxylic acids is 2. The molecule has 0 bridgehead atoms. The summed E-state index contributed by atoms with van der Waals surface area (Å²) >= 11 is 4.66. The Morgan fingerprint density at radius 3 is 1.43 bits per heavy atom. The van der Waals surface area contributed by atoms with Crippen molar-refractivity contribution in [1.29, 1.82) is 0 Å². The van der Waals surface area contributed by atoms with E-state index in [4.69, 9.17) is 14.2 Å². The van der Waals surface area contributed by atoms with E-state index in [-0.39, 0.29) is 22.9 Å². The van der Waals surface area contributed by atoms with E-state index in [2.05, 4.69) is 9.97 Å². The van der Waals surface area contributed by atoms with Crippen LogP contribution in [0.5, 0.6) is 11.5 Å². The van der Waals surface area contributed by atoms with Crippen LogP contribution in [0.1, 0.15) is 27.7 Å². The van der Waals surface area contributed by atoms with Gasteiger partial charge in [-0.1, -0.05) is 11.8 Å². The summed E-state index contributed by atoms with van der Waals surface area (Å²) in [6.45, 7) is 7.96. The number of esters is 2. The Morgan fingerprint density at radius 2 is 1.00 bits per heavy atom. The highest BCUT2D eigenvalue weighted by molar-refractivity contribution is 8.01. The van der Waals surface area contributed by atoms with Crippen molar-refractivity contribution in [3.63, 3.8) is 0 Å². The first-order valence-corrected chi connectivity index (χ1v) is 23.0. The highest BCUT2D eigenvalue weighted by atomic mass is 32.2. The second-order valence-corrected chi connectivity index (χ2v) is 21.9. The number of benzene rings is 2. The zero-order valence-corrected chi connectivity index (χ0v) is 35.8. The second kappa shape index (κ2) is 18.3. The molecule has 2 aromatic carbocycles. The number of sulfonamides is 2. The number of thioether (sulfide) groups is 2. The second-order valence-electron chi connectivity index (χ2n) is 13.5. The predicted octanol–water partition coefficient (Wildman–Crippen LogP) is 6.22. The summed E-state index contributed by atoms with van der Waals surface area (Å²) in [5.41, 5.74) is 0. The van der Waals surface area contributed by atoms with Crippen molar-refractivity contribution in [2.75, 3.05) is 38.8 Å². The Morgan fingerprint density at radius 1 is 0.625 bits per heavy atom. The third kappa shape index (κ3) is 10.1. The minimum absolute atomic E-state index is 0.103. The maximum Gasteiger partial charge on any atom is 0.325 e. The normalized spacial score (nSPS) is 19.8. The number of ether oxygens (including phenoxy) is 3. The Hall–Kier alpha value is -3.65. The van der Waals surface area contributed by atoms with Crippen LogP contribution >= 0.6 is 35.3 Å². The smallest absolute Gasteiger partial charge is 0.325 e. The summed E-state index contributed by atoms with van der Waals surface area (Å²) in [6, 6.07) is 18.3. The number of hydrogen-bond acceptors (Lipinski definition) is 14. The van der Waals surface area contributed by atoms with Gasteiger partial charge in [-0.25, -0.2) is 16.8 Å². The predicted molar refractivity (Wildman–Crippen MR) is 218 cm³/mol. The number of methoxy groups -OCH3 is 2. The number of hydrogen-bond donors (Lipinski definition) is 0. The fourth-order valence-electron chi connectivity index (χ4n) is 6.17. The highest BCUT2D eigenvalue weighted by Crippen LogP contribution is 2.40. The molecule has 4 aromatic rings. The van der Waals surface area contributed by atoms with Gasteiger partial charge in [0, 0.05) is 68.7 Å². The number of carbonyl (C=O) groups is 2. The van der Waals surface area contributed by atoms with E-state index in [1.54, 1.807) is 96.8 Å². The molecule has 2 saturated heterocycles. The van der Waals surface area contributed by atoms with Gasteiger partial charge in [0.2, 0.25) is 20.0 Å². The van der Waals surface area contributed by atoms with E-state index < -0.39 is 53.6 Å². The maximum absolute atomic E-state index is 13.3. The molecule has 13 nitrogen and oxygen atoms in total. The van der Waals surface area contributed by atoms with Crippen molar-refractivity contribution in [2.45, 2.75) is 68.9 Å². The van der Waals surface area contributed by atoms with Gasteiger partial charge in [0.25, 0.3) is 0 Å². The number of nitrogens with zero attached hydrogens (tertiary/aromatic N) is 4. The lowest BCUT2D eigenvalue weighted by Crippen LogP contribution is -2.58. The highest BCUT2D eigenvalue weighted by Gasteiger charge is 2.50. The molecule has 2 aromatic heterocycles. The first-order valence-electron chi connectivity index (χ1n) is 17.3. The fourth-order valence-corrected chi connectivity index (χ4v) is 13.1. The molecule has 0 saturated carbocycles. The van der Waals surface area contributed by atoms with Gasteiger partial charge in [0.15, 0.2) is 0 Å². The molecule has 0 spiro atoms. The molecule has 0 radical (unpaired) electrons. The summed E-state index contributed by atoms with van der Waals surface area (Å²) in [5, 5.41) is 0. The Bertz CT molecular complexity index is 2020. The summed E-state index contributed by atoms with van der Waals surface area (Å²) in [7, 11) is -5.14. The van der Waals surface area contributed by atoms with E-state index in [9.17, 15) is 26.4 Å². The van der Waals surface area contributed by atoms with Crippen molar-refractivity contribution in [3.8, 4) is 11.5 Å². The van der Waals surface area contributed by atoms with Gasteiger partial charge < -0.3 is 14.2 Å². The Labute approximate surface area is 341 Å². The van der Waals surface area contributed by atoms with Crippen molar-refractivity contribution < 1.29 is 40.6 Å². The maximum atomic E-state index is 13.3. The molecule has 0 unspecified atom stereocenters. The van der Waals surface area contributed by atoms with Crippen LogP contribution in [-0.2, 0) is 39.1 Å². The lowest BCUT2D eigenvalue weighted by Gasteiger charge is -2.43. The van der Waals surface area contributed by atoms with Crippen LogP contribution in [0.15, 0.2) is 117 Å². The number of rotatable bonds is 10. The van der Waals surface area contributed by atoms with Crippen LogP contribution in [-0.4, -0.2) is 108 Å². The lowest BCUT2D eigenvalue weighted by atomic mass is 10.0. The van der Waals surface area contributed by atoms with Gasteiger partial charge in [-0.15, -0.1) is 0 Å². The first kappa shape index (κ1) is 43.5. The first-order chi connectivity index (χ1) is 26.5. The number of aromatic nitrogens is 2. The molecule has 18 heteroatoms. The molecule has 2 aliphatic rings. The Balaban J connectivity index is 0.000000214. The van der Waals surface area contributed by atoms with Gasteiger partial charge in [-0.3, -0.25) is 19.6 Å². The molecule has 2 fully saturated rings. The monoisotopic (exact) mass is 860 g/mol. The van der Waals surface area contributed by atoms with Gasteiger partial charge in [-0.05, 0) is 100 Å². The standard InChI is InChI=1S/C19H22N2O5S2.C19H22N2O4S3/c1-19(2)17(18(22)25-3)21(12-13-27-19)28(23,24)16-6-4-14(5-7-16)26-15-8-10-20-11-9-15;1-19(2)17(18(22)25-3)21(12-13-26-19)28(23,24)16-6-4-14(5-7-16)27-15-8-10-20-11-9-15/h2*4-11,17H,12-13H2,1-3H3/t2*17-/m00/s1. The molecule has 0 amide bonds. The summed E-state index contributed by atoms with van der Waals surface area (Å²) < 4.78 is 69.8. The molecule has 2 atom stereocenters. The summed E-state index contributed by atoms with van der Waals surface area (Å²) in [4.78, 5) is 34.9. The third-order valence-corrected chi connectivity index (χ3v) is 16.4. The van der Waals surface area contributed by atoms with Crippen LogP contribution in [0.4, 0.5) is 0 Å². The quantitative estimate of drug-likeness (QED) is 0.165. The molecule has 0 N–H and O–H groups in total.